The standard InChI is InChI=1S/C23H33N7OS/c1-9-17(13-20(24-4)29(5)6)15-31-23(26-10-2)27-16(3)21(30(7)8)22-28-18-14-25-12-11-19(18)32-22/h9-14,21,23H,4,15H2,1-3,5-8H3. The lowest BCUT2D eigenvalue weighted by Gasteiger charge is -2.23. The minimum Gasteiger partial charge on any atom is -0.363 e. The van der Waals surface area contributed by atoms with Gasteiger partial charge >= 0.3 is 0 Å². The number of aliphatic imine (C=N–C) groups is 3. The Morgan fingerprint density at radius 1 is 1.28 bits per heavy atom. The number of aromatic nitrogens is 2. The minimum absolute atomic E-state index is 0.0862. The third-order valence-corrected chi connectivity index (χ3v) is 5.74. The lowest BCUT2D eigenvalue weighted by molar-refractivity contribution is 0.0843. The zero-order valence-electron chi connectivity index (χ0n) is 20.0. The molecule has 0 bridgehead atoms. The second-order valence-electron chi connectivity index (χ2n) is 7.50. The normalized spacial score (nSPS) is 15.6. The summed E-state index contributed by atoms with van der Waals surface area (Å²) in [6.45, 7) is 9.78. The fourth-order valence-electron chi connectivity index (χ4n) is 3.04. The molecule has 2 aromatic heterocycles. The molecule has 0 spiro atoms. The molecule has 9 heteroatoms. The van der Waals surface area contributed by atoms with Gasteiger partial charge in [-0.15, -0.1) is 11.3 Å². The Balaban J connectivity index is 2.25. The molecular weight excluding hydrogens is 422 g/mol. The van der Waals surface area contributed by atoms with E-state index in [1.54, 1.807) is 29.9 Å². The second kappa shape index (κ2) is 12.3. The molecule has 2 aromatic rings. The molecule has 0 radical (unpaired) electrons. The predicted molar refractivity (Wildman–Crippen MR) is 136 cm³/mol. The van der Waals surface area contributed by atoms with Gasteiger partial charge in [-0.1, -0.05) is 6.08 Å². The van der Waals surface area contributed by atoms with Gasteiger partial charge in [0.05, 0.1) is 29.1 Å². The van der Waals surface area contributed by atoms with E-state index in [-0.39, 0.29) is 6.04 Å². The topological polar surface area (TPSA) is 78.6 Å². The molecule has 0 aliphatic carbocycles. The fourth-order valence-corrected chi connectivity index (χ4v) is 4.23. The van der Waals surface area contributed by atoms with Crippen molar-refractivity contribution in [3.8, 4) is 0 Å². The van der Waals surface area contributed by atoms with Crippen molar-refractivity contribution in [1.82, 2.24) is 19.8 Å². The van der Waals surface area contributed by atoms with Gasteiger partial charge in [-0.05, 0) is 59.3 Å². The fraction of sp³-hybridized carbons (Fsp3) is 0.435. The molecule has 0 aromatic carbocycles. The number of ether oxygens (including phenoxy) is 1. The Kier molecular flexibility index (Phi) is 9.83. The van der Waals surface area contributed by atoms with Crippen molar-refractivity contribution in [2.24, 2.45) is 15.0 Å². The van der Waals surface area contributed by atoms with E-state index in [4.69, 9.17) is 14.7 Å². The zero-order chi connectivity index (χ0) is 23.7. The Hall–Kier alpha value is -2.75. The maximum atomic E-state index is 6.03. The van der Waals surface area contributed by atoms with Crippen molar-refractivity contribution in [2.75, 3.05) is 34.8 Å². The summed E-state index contributed by atoms with van der Waals surface area (Å²) in [6, 6.07) is 1.90. The predicted octanol–water partition coefficient (Wildman–Crippen LogP) is 4.20. The number of nitrogens with zero attached hydrogens (tertiary/aromatic N) is 7. The van der Waals surface area contributed by atoms with E-state index < -0.39 is 6.35 Å². The van der Waals surface area contributed by atoms with Crippen LogP contribution in [0.2, 0.25) is 0 Å². The second-order valence-corrected chi connectivity index (χ2v) is 8.56. The van der Waals surface area contributed by atoms with Crippen LogP contribution in [0.4, 0.5) is 0 Å². The van der Waals surface area contributed by atoms with Crippen LogP contribution in [0.25, 0.3) is 10.2 Å². The summed E-state index contributed by atoms with van der Waals surface area (Å²) >= 11 is 1.65. The highest BCUT2D eigenvalue weighted by Crippen LogP contribution is 2.29. The summed E-state index contributed by atoms with van der Waals surface area (Å²) in [5, 5.41) is 0.961. The van der Waals surface area contributed by atoms with Crippen LogP contribution in [0.15, 0.2) is 57.0 Å². The summed E-state index contributed by atoms with van der Waals surface area (Å²) < 4.78 is 7.13. The third-order valence-electron chi connectivity index (χ3n) is 4.65. The first-order chi connectivity index (χ1) is 15.3. The molecule has 0 fully saturated rings. The van der Waals surface area contributed by atoms with Gasteiger partial charge in [0.25, 0.3) is 0 Å². The molecule has 0 amide bonds. The number of hydrogen-bond donors (Lipinski definition) is 0. The molecule has 8 nitrogen and oxygen atoms in total. The number of rotatable bonds is 11. The van der Waals surface area contributed by atoms with E-state index in [2.05, 4.69) is 26.6 Å². The maximum absolute atomic E-state index is 6.03. The Morgan fingerprint density at radius 3 is 2.59 bits per heavy atom. The maximum Gasteiger partial charge on any atom is 0.245 e. The molecule has 0 aliphatic rings. The van der Waals surface area contributed by atoms with Gasteiger partial charge in [0.15, 0.2) is 0 Å². The van der Waals surface area contributed by atoms with Gasteiger partial charge in [0.1, 0.15) is 10.8 Å². The highest BCUT2D eigenvalue weighted by molar-refractivity contribution is 7.18. The van der Waals surface area contributed by atoms with Gasteiger partial charge in [-0.25, -0.2) is 20.0 Å². The lowest BCUT2D eigenvalue weighted by Crippen LogP contribution is -2.27. The van der Waals surface area contributed by atoms with E-state index in [0.29, 0.717) is 6.61 Å². The highest BCUT2D eigenvalue weighted by Gasteiger charge is 2.23. The summed E-state index contributed by atoms with van der Waals surface area (Å²) in [5.74, 6) is 0.759. The average molecular weight is 456 g/mol. The third kappa shape index (κ3) is 6.88. The molecule has 0 aliphatic heterocycles. The molecule has 2 heterocycles. The van der Waals surface area contributed by atoms with Gasteiger partial charge in [0.2, 0.25) is 6.35 Å². The number of hydrogen-bond acceptors (Lipinski definition) is 9. The van der Waals surface area contributed by atoms with Crippen LogP contribution in [0.1, 0.15) is 31.8 Å². The highest BCUT2D eigenvalue weighted by atomic mass is 32.1. The first kappa shape index (κ1) is 25.5. The van der Waals surface area contributed by atoms with Gasteiger partial charge in [0, 0.05) is 32.2 Å². The number of fused-ring (bicyclic) bond motifs is 1. The van der Waals surface area contributed by atoms with Crippen molar-refractivity contribution < 1.29 is 4.74 Å². The Bertz CT molecular complexity index is 987. The van der Waals surface area contributed by atoms with E-state index in [1.807, 2.05) is 72.1 Å². The quantitative estimate of drug-likeness (QED) is 0.375. The molecule has 2 rings (SSSR count). The first-order valence-electron chi connectivity index (χ1n) is 10.3. The number of thiazole rings is 1. The molecule has 32 heavy (non-hydrogen) atoms. The monoisotopic (exact) mass is 455 g/mol. The molecule has 2 atom stereocenters. The summed E-state index contributed by atoms with van der Waals surface area (Å²) in [5.41, 5.74) is 2.73. The number of pyridine rings is 1. The Morgan fingerprint density at radius 2 is 2.03 bits per heavy atom. The van der Waals surface area contributed by atoms with Crippen LogP contribution in [0.5, 0.6) is 0 Å². The van der Waals surface area contributed by atoms with Crippen molar-refractivity contribution in [3.05, 3.63) is 47.0 Å². The molecule has 172 valence electrons. The van der Waals surface area contributed by atoms with E-state index in [1.165, 1.54) is 0 Å². The molecule has 0 saturated carbocycles. The summed E-state index contributed by atoms with van der Waals surface area (Å²) in [4.78, 5) is 26.2. The molecule has 2 unspecified atom stereocenters. The van der Waals surface area contributed by atoms with Crippen LogP contribution in [0, 0.1) is 0 Å². The Labute approximate surface area is 194 Å². The molecular formula is C23H33N7OS. The summed E-state index contributed by atoms with van der Waals surface area (Å²) in [7, 11) is 7.87. The van der Waals surface area contributed by atoms with Crippen LogP contribution in [-0.2, 0) is 4.74 Å². The van der Waals surface area contributed by atoms with Crippen LogP contribution >= 0.6 is 11.3 Å². The summed E-state index contributed by atoms with van der Waals surface area (Å²) in [6.07, 6.45) is 8.54. The minimum atomic E-state index is -0.652. The molecule has 0 N–H and O–H groups in total. The smallest absolute Gasteiger partial charge is 0.245 e. The van der Waals surface area contributed by atoms with E-state index in [0.717, 1.165) is 32.3 Å². The van der Waals surface area contributed by atoms with Gasteiger partial charge in [-0.2, -0.15) is 0 Å². The van der Waals surface area contributed by atoms with Crippen molar-refractivity contribution in [1.29, 1.82) is 0 Å². The molecule has 0 saturated heterocycles. The van der Waals surface area contributed by atoms with E-state index >= 15 is 0 Å². The van der Waals surface area contributed by atoms with E-state index in [9.17, 15) is 0 Å². The first-order valence-corrected chi connectivity index (χ1v) is 11.1. The number of allylic oxidation sites excluding steroid dienone is 1. The van der Waals surface area contributed by atoms with Gasteiger partial charge < -0.3 is 9.64 Å². The van der Waals surface area contributed by atoms with Crippen LogP contribution in [0.3, 0.4) is 0 Å². The largest absolute Gasteiger partial charge is 0.363 e. The van der Waals surface area contributed by atoms with Crippen molar-refractivity contribution in [2.45, 2.75) is 33.2 Å². The van der Waals surface area contributed by atoms with Gasteiger partial charge in [-0.3, -0.25) is 9.88 Å². The van der Waals surface area contributed by atoms with Crippen molar-refractivity contribution in [3.63, 3.8) is 0 Å². The lowest BCUT2D eigenvalue weighted by atomic mass is 10.2. The average Bonchev–Trinajstić information content (AvgIpc) is 3.16. The zero-order valence-corrected chi connectivity index (χ0v) is 20.8. The SMILES string of the molecule is C=NC(=CC(=CC)COC(N=CC)N=C(C)C(c1nc2cnccc2s1)N(C)C)N(C)C. The van der Waals surface area contributed by atoms with Crippen LogP contribution in [-0.4, -0.2) is 79.6 Å². The van der Waals surface area contributed by atoms with Crippen molar-refractivity contribution >= 4 is 40.2 Å². The van der Waals surface area contributed by atoms with Crippen LogP contribution < -0.4 is 0 Å².